The molecule has 0 amide bonds. The van der Waals surface area contributed by atoms with E-state index in [1.165, 1.54) is 24.0 Å². The Morgan fingerprint density at radius 2 is 2.13 bits per heavy atom. The summed E-state index contributed by atoms with van der Waals surface area (Å²) in [6, 6.07) is 2.89. The van der Waals surface area contributed by atoms with Gasteiger partial charge in [0.15, 0.2) is 0 Å². The van der Waals surface area contributed by atoms with Crippen LogP contribution in [0.1, 0.15) is 29.7 Å². The number of hydrogen-bond donors (Lipinski definition) is 2. The van der Waals surface area contributed by atoms with Crippen LogP contribution in [0.5, 0.6) is 0 Å². The van der Waals surface area contributed by atoms with E-state index in [4.69, 9.17) is 0 Å². The van der Waals surface area contributed by atoms with E-state index in [-0.39, 0.29) is 0 Å². The van der Waals surface area contributed by atoms with Gasteiger partial charge in [-0.25, -0.2) is 4.98 Å². The molecule has 0 unspecified atom stereocenters. The SMILES string of the molecule is CNc1nc(C)cc(C)c1CNC1CC1. The topological polar surface area (TPSA) is 37.0 Å². The zero-order valence-corrected chi connectivity index (χ0v) is 9.72. The molecule has 2 N–H and O–H groups in total. The molecular weight excluding hydrogens is 186 g/mol. The van der Waals surface area contributed by atoms with Crippen molar-refractivity contribution in [3.63, 3.8) is 0 Å². The summed E-state index contributed by atoms with van der Waals surface area (Å²) in [5.74, 6) is 1.01. The zero-order chi connectivity index (χ0) is 10.8. The number of hydrogen-bond acceptors (Lipinski definition) is 3. The monoisotopic (exact) mass is 205 g/mol. The second-order valence-electron chi connectivity index (χ2n) is 4.31. The predicted octanol–water partition coefficient (Wildman–Crippen LogP) is 1.99. The summed E-state index contributed by atoms with van der Waals surface area (Å²) in [5, 5.41) is 6.70. The van der Waals surface area contributed by atoms with Crippen molar-refractivity contribution < 1.29 is 0 Å². The van der Waals surface area contributed by atoms with Crippen molar-refractivity contribution in [2.24, 2.45) is 0 Å². The maximum absolute atomic E-state index is 4.50. The average Bonchev–Trinajstić information content (AvgIpc) is 2.99. The molecule has 1 aromatic heterocycles. The molecule has 15 heavy (non-hydrogen) atoms. The van der Waals surface area contributed by atoms with Crippen molar-refractivity contribution >= 4 is 5.82 Å². The first kappa shape index (κ1) is 10.4. The summed E-state index contributed by atoms with van der Waals surface area (Å²) in [6.45, 7) is 5.12. The van der Waals surface area contributed by atoms with Crippen LogP contribution in [0.25, 0.3) is 0 Å². The summed E-state index contributed by atoms with van der Waals surface area (Å²) >= 11 is 0. The molecule has 3 nitrogen and oxygen atoms in total. The summed E-state index contributed by atoms with van der Waals surface area (Å²) in [4.78, 5) is 4.50. The molecular formula is C12H19N3. The van der Waals surface area contributed by atoms with Gasteiger partial charge in [-0.1, -0.05) is 0 Å². The van der Waals surface area contributed by atoms with Crippen LogP contribution in [0.3, 0.4) is 0 Å². The smallest absolute Gasteiger partial charge is 0.130 e. The second kappa shape index (κ2) is 4.19. The van der Waals surface area contributed by atoms with Crippen molar-refractivity contribution in [3.05, 3.63) is 22.9 Å². The van der Waals surface area contributed by atoms with Gasteiger partial charge in [0, 0.05) is 30.9 Å². The molecule has 0 spiro atoms. The van der Waals surface area contributed by atoms with Gasteiger partial charge in [0.1, 0.15) is 5.82 Å². The van der Waals surface area contributed by atoms with E-state index in [1.54, 1.807) is 0 Å². The van der Waals surface area contributed by atoms with Crippen LogP contribution in [-0.2, 0) is 6.54 Å². The number of anilines is 1. The van der Waals surface area contributed by atoms with Gasteiger partial charge in [0.25, 0.3) is 0 Å². The maximum atomic E-state index is 4.50. The van der Waals surface area contributed by atoms with Gasteiger partial charge in [-0.3, -0.25) is 0 Å². The first-order valence-electron chi connectivity index (χ1n) is 5.59. The lowest BCUT2D eigenvalue weighted by atomic mass is 10.1. The molecule has 0 radical (unpaired) electrons. The van der Waals surface area contributed by atoms with Crippen LogP contribution >= 0.6 is 0 Å². The fraction of sp³-hybridized carbons (Fsp3) is 0.583. The minimum absolute atomic E-state index is 0.746. The number of rotatable bonds is 4. The number of aromatic nitrogens is 1. The summed E-state index contributed by atoms with van der Waals surface area (Å²) in [6.07, 6.45) is 2.65. The van der Waals surface area contributed by atoms with Gasteiger partial charge in [-0.05, 0) is 38.3 Å². The lowest BCUT2D eigenvalue weighted by Crippen LogP contribution is -2.18. The average molecular weight is 205 g/mol. The third-order valence-electron chi connectivity index (χ3n) is 2.86. The Morgan fingerprint density at radius 1 is 1.40 bits per heavy atom. The normalized spacial score (nSPS) is 15.4. The summed E-state index contributed by atoms with van der Waals surface area (Å²) in [5.41, 5.74) is 3.70. The second-order valence-corrected chi connectivity index (χ2v) is 4.31. The highest BCUT2D eigenvalue weighted by molar-refractivity contribution is 5.48. The number of aryl methyl sites for hydroxylation is 2. The van der Waals surface area contributed by atoms with Crippen molar-refractivity contribution in [1.82, 2.24) is 10.3 Å². The van der Waals surface area contributed by atoms with E-state index in [0.29, 0.717) is 0 Å². The van der Waals surface area contributed by atoms with E-state index in [0.717, 1.165) is 24.1 Å². The highest BCUT2D eigenvalue weighted by atomic mass is 15.0. The van der Waals surface area contributed by atoms with Gasteiger partial charge in [0.2, 0.25) is 0 Å². The van der Waals surface area contributed by atoms with Crippen LogP contribution < -0.4 is 10.6 Å². The molecule has 1 aliphatic carbocycles. The molecule has 1 aliphatic rings. The van der Waals surface area contributed by atoms with Crippen molar-refractivity contribution in [2.45, 2.75) is 39.3 Å². The first-order chi connectivity index (χ1) is 7.20. The van der Waals surface area contributed by atoms with Crippen LogP contribution in [0.15, 0.2) is 6.07 Å². The molecule has 1 heterocycles. The first-order valence-corrected chi connectivity index (χ1v) is 5.59. The standard InChI is InChI=1S/C12H19N3/c1-8-6-9(2)15-12(13-3)11(8)7-14-10-4-5-10/h6,10,14H,4-5,7H2,1-3H3,(H,13,15). The molecule has 1 aromatic rings. The Labute approximate surface area is 91.3 Å². The molecule has 3 heteroatoms. The number of nitrogens with zero attached hydrogens (tertiary/aromatic N) is 1. The Morgan fingerprint density at radius 3 is 2.73 bits per heavy atom. The van der Waals surface area contributed by atoms with Crippen LogP contribution in [0, 0.1) is 13.8 Å². The largest absolute Gasteiger partial charge is 0.373 e. The Bertz CT molecular complexity index is 356. The molecule has 0 aliphatic heterocycles. The van der Waals surface area contributed by atoms with Crippen molar-refractivity contribution in [1.29, 1.82) is 0 Å². The van der Waals surface area contributed by atoms with Gasteiger partial charge < -0.3 is 10.6 Å². The quantitative estimate of drug-likeness (QED) is 0.789. The van der Waals surface area contributed by atoms with Crippen molar-refractivity contribution in [2.75, 3.05) is 12.4 Å². The highest BCUT2D eigenvalue weighted by Crippen LogP contribution is 2.22. The Balaban J connectivity index is 2.17. The molecule has 2 rings (SSSR count). The van der Waals surface area contributed by atoms with E-state index in [2.05, 4.69) is 28.6 Å². The van der Waals surface area contributed by atoms with Gasteiger partial charge in [0.05, 0.1) is 0 Å². The molecule has 0 atom stereocenters. The molecule has 0 aromatic carbocycles. The van der Waals surface area contributed by atoms with E-state index >= 15 is 0 Å². The lowest BCUT2D eigenvalue weighted by Gasteiger charge is -2.13. The summed E-state index contributed by atoms with van der Waals surface area (Å²) in [7, 11) is 1.93. The van der Waals surface area contributed by atoms with Crippen LogP contribution in [0.2, 0.25) is 0 Å². The number of nitrogens with one attached hydrogen (secondary N) is 2. The van der Waals surface area contributed by atoms with E-state index in [9.17, 15) is 0 Å². The fourth-order valence-electron chi connectivity index (χ4n) is 1.83. The van der Waals surface area contributed by atoms with E-state index in [1.807, 2.05) is 14.0 Å². The summed E-state index contributed by atoms with van der Waals surface area (Å²) < 4.78 is 0. The third kappa shape index (κ3) is 2.48. The highest BCUT2D eigenvalue weighted by Gasteiger charge is 2.21. The van der Waals surface area contributed by atoms with Gasteiger partial charge in [-0.15, -0.1) is 0 Å². The molecule has 1 saturated carbocycles. The minimum Gasteiger partial charge on any atom is -0.373 e. The van der Waals surface area contributed by atoms with Gasteiger partial charge in [-0.2, -0.15) is 0 Å². The molecule has 0 bridgehead atoms. The number of pyridine rings is 1. The third-order valence-corrected chi connectivity index (χ3v) is 2.86. The fourth-order valence-corrected chi connectivity index (χ4v) is 1.83. The maximum Gasteiger partial charge on any atom is 0.130 e. The Hall–Kier alpha value is -1.09. The Kier molecular flexibility index (Phi) is 2.91. The lowest BCUT2D eigenvalue weighted by molar-refractivity contribution is 0.684. The predicted molar refractivity (Wildman–Crippen MR) is 63.1 cm³/mol. The van der Waals surface area contributed by atoms with Crippen LogP contribution in [0.4, 0.5) is 5.82 Å². The van der Waals surface area contributed by atoms with Crippen molar-refractivity contribution in [3.8, 4) is 0 Å². The molecule has 1 fully saturated rings. The zero-order valence-electron chi connectivity index (χ0n) is 9.72. The molecule has 0 saturated heterocycles. The minimum atomic E-state index is 0.746. The molecule has 82 valence electrons. The van der Waals surface area contributed by atoms with Crippen LogP contribution in [-0.4, -0.2) is 18.1 Å². The van der Waals surface area contributed by atoms with E-state index < -0.39 is 0 Å². The van der Waals surface area contributed by atoms with Gasteiger partial charge >= 0.3 is 0 Å².